The van der Waals surface area contributed by atoms with Crippen LogP contribution in [0.25, 0.3) is 0 Å². The third-order valence-corrected chi connectivity index (χ3v) is 6.27. The summed E-state index contributed by atoms with van der Waals surface area (Å²) in [5.41, 5.74) is 7.77. The number of hydrogen-bond acceptors (Lipinski definition) is 4. The maximum absolute atomic E-state index is 13.3. The van der Waals surface area contributed by atoms with Crippen LogP contribution in [-0.2, 0) is 0 Å². The van der Waals surface area contributed by atoms with Gasteiger partial charge < -0.3 is 9.80 Å². The maximum Gasteiger partial charge on any atom is 0.319 e. The molecule has 1 aromatic rings. The molecule has 0 saturated carbocycles. The number of rotatable bonds is 3. The molecule has 4 fully saturated rings. The van der Waals surface area contributed by atoms with Gasteiger partial charge in [-0.05, 0) is 36.5 Å². The molecule has 1 aromatic carbocycles. The number of fused-ring (bicyclic) bond motifs is 4. The zero-order chi connectivity index (χ0) is 19.0. The number of urea groups is 1. The predicted octanol–water partition coefficient (Wildman–Crippen LogP) is 1.67. The van der Waals surface area contributed by atoms with E-state index in [-0.39, 0.29) is 17.9 Å². The smallest absolute Gasteiger partial charge is 0.319 e. The molecular weight excluding hydrogens is 345 g/mol. The lowest BCUT2D eigenvalue weighted by molar-refractivity contribution is 0.109. The summed E-state index contributed by atoms with van der Waals surface area (Å²) in [7, 11) is 3.66. The van der Waals surface area contributed by atoms with Crippen LogP contribution in [0.3, 0.4) is 0 Å². The number of benzene rings is 1. The van der Waals surface area contributed by atoms with Crippen molar-refractivity contribution in [3.63, 3.8) is 0 Å². The average Bonchev–Trinajstić information content (AvgIpc) is 2.92. The SMILES string of the molecule is CN(C)C(=O)N1C[C@H]2CC[C@@H](C1)N(CC1CNNC1c1ccc(F)cc1)C2. The van der Waals surface area contributed by atoms with Gasteiger partial charge in [0.15, 0.2) is 0 Å². The minimum Gasteiger partial charge on any atom is -0.331 e. The van der Waals surface area contributed by atoms with E-state index >= 15 is 0 Å². The van der Waals surface area contributed by atoms with Crippen molar-refractivity contribution >= 4 is 6.03 Å². The van der Waals surface area contributed by atoms with Crippen LogP contribution in [0.15, 0.2) is 24.3 Å². The highest BCUT2D eigenvalue weighted by atomic mass is 19.1. The second-order valence-electron chi connectivity index (χ2n) is 8.45. The first-order valence-electron chi connectivity index (χ1n) is 9.95. The van der Waals surface area contributed by atoms with Crippen molar-refractivity contribution in [1.82, 2.24) is 25.6 Å². The van der Waals surface area contributed by atoms with Crippen LogP contribution in [0.5, 0.6) is 0 Å². The van der Waals surface area contributed by atoms with E-state index in [2.05, 4.69) is 15.8 Å². The molecule has 4 aliphatic rings. The number of amides is 2. The third kappa shape index (κ3) is 3.95. The summed E-state index contributed by atoms with van der Waals surface area (Å²) in [6.07, 6.45) is 2.37. The highest BCUT2D eigenvalue weighted by Gasteiger charge is 2.39. The normalized spacial score (nSPS) is 31.1. The summed E-state index contributed by atoms with van der Waals surface area (Å²) in [5, 5.41) is 0. The van der Waals surface area contributed by atoms with Gasteiger partial charge in [-0.2, -0.15) is 0 Å². The molecule has 4 atom stereocenters. The number of nitrogens with zero attached hydrogens (tertiary/aromatic N) is 3. The highest BCUT2D eigenvalue weighted by Crippen LogP contribution is 2.32. The van der Waals surface area contributed by atoms with E-state index in [1.165, 1.54) is 18.6 Å². The van der Waals surface area contributed by atoms with E-state index in [1.54, 1.807) is 4.90 Å². The fourth-order valence-corrected chi connectivity index (χ4v) is 4.87. The molecule has 148 valence electrons. The molecule has 0 aromatic heterocycles. The van der Waals surface area contributed by atoms with Gasteiger partial charge in [0.2, 0.25) is 0 Å². The van der Waals surface area contributed by atoms with E-state index in [0.29, 0.717) is 17.9 Å². The fraction of sp³-hybridized carbons (Fsp3) is 0.650. The zero-order valence-corrected chi connectivity index (χ0v) is 16.2. The Morgan fingerprint density at radius 1 is 1.19 bits per heavy atom. The molecule has 7 heteroatoms. The summed E-state index contributed by atoms with van der Waals surface area (Å²) in [5.74, 6) is 0.781. The van der Waals surface area contributed by atoms with E-state index in [0.717, 1.165) is 44.7 Å². The van der Waals surface area contributed by atoms with Crippen LogP contribution >= 0.6 is 0 Å². The third-order valence-electron chi connectivity index (χ3n) is 6.27. The number of hydrogen-bond donors (Lipinski definition) is 2. The Morgan fingerprint density at radius 2 is 1.96 bits per heavy atom. The average molecular weight is 375 g/mol. The van der Waals surface area contributed by atoms with Gasteiger partial charge >= 0.3 is 6.03 Å². The van der Waals surface area contributed by atoms with Crippen molar-refractivity contribution in [2.24, 2.45) is 11.8 Å². The predicted molar refractivity (Wildman–Crippen MR) is 103 cm³/mol. The standard InChI is InChI=1S/C20H30FN5O/c1-24(2)20(27)26-11-14-3-8-18(13-26)25(10-14)12-16-9-22-23-19(16)15-4-6-17(21)7-5-15/h4-7,14,16,18-19,22-23H,3,8-13H2,1-2H3/t14-,16?,18-,19?/m0/s1. The summed E-state index contributed by atoms with van der Waals surface area (Å²) < 4.78 is 13.3. The fourth-order valence-electron chi connectivity index (χ4n) is 4.87. The van der Waals surface area contributed by atoms with Crippen molar-refractivity contribution in [2.45, 2.75) is 24.9 Å². The molecule has 4 saturated heterocycles. The topological polar surface area (TPSA) is 50.9 Å². The van der Waals surface area contributed by atoms with Crippen LogP contribution in [0.4, 0.5) is 9.18 Å². The van der Waals surface area contributed by atoms with Crippen LogP contribution in [0, 0.1) is 17.7 Å². The van der Waals surface area contributed by atoms with Crippen molar-refractivity contribution in [3.8, 4) is 0 Å². The first-order chi connectivity index (χ1) is 13.0. The van der Waals surface area contributed by atoms with Gasteiger partial charge in [0.1, 0.15) is 5.82 Å². The lowest BCUT2D eigenvalue weighted by atomic mass is 9.90. The Kier molecular flexibility index (Phi) is 5.34. The summed E-state index contributed by atoms with van der Waals surface area (Å²) >= 11 is 0. The van der Waals surface area contributed by atoms with E-state index in [9.17, 15) is 9.18 Å². The summed E-state index contributed by atoms with van der Waals surface area (Å²) in [4.78, 5) is 18.8. The van der Waals surface area contributed by atoms with E-state index in [1.807, 2.05) is 31.1 Å². The number of halogens is 1. The Morgan fingerprint density at radius 3 is 2.70 bits per heavy atom. The first kappa shape index (κ1) is 18.7. The number of piperidine rings is 1. The molecular formula is C20H30FN5O. The minimum absolute atomic E-state index is 0.127. The number of hydrazine groups is 1. The largest absolute Gasteiger partial charge is 0.331 e. The second kappa shape index (κ2) is 7.73. The molecule has 5 rings (SSSR count). The van der Waals surface area contributed by atoms with Crippen LogP contribution < -0.4 is 10.9 Å². The Bertz CT molecular complexity index is 667. The van der Waals surface area contributed by atoms with Crippen LogP contribution in [0.1, 0.15) is 24.4 Å². The number of carbonyl (C=O) groups is 1. The van der Waals surface area contributed by atoms with Gasteiger partial charge in [-0.25, -0.2) is 14.6 Å². The van der Waals surface area contributed by atoms with Crippen molar-refractivity contribution in [3.05, 3.63) is 35.6 Å². The number of nitrogens with one attached hydrogen (secondary N) is 2. The zero-order valence-electron chi connectivity index (χ0n) is 16.2. The molecule has 2 N–H and O–H groups in total. The van der Waals surface area contributed by atoms with Crippen molar-refractivity contribution in [2.75, 3.05) is 46.8 Å². The Hall–Kier alpha value is -1.70. The lowest BCUT2D eigenvalue weighted by Gasteiger charge is -2.38. The van der Waals surface area contributed by atoms with Gasteiger partial charge in [-0.1, -0.05) is 12.1 Å². The van der Waals surface area contributed by atoms with Crippen molar-refractivity contribution in [1.29, 1.82) is 0 Å². The molecule has 27 heavy (non-hydrogen) atoms. The molecule has 4 aliphatic heterocycles. The monoisotopic (exact) mass is 375 g/mol. The Labute approximate surface area is 160 Å². The quantitative estimate of drug-likeness (QED) is 0.844. The number of carbonyl (C=O) groups excluding carboxylic acids is 1. The van der Waals surface area contributed by atoms with E-state index in [4.69, 9.17) is 0 Å². The molecule has 6 nitrogen and oxygen atoms in total. The van der Waals surface area contributed by atoms with Gasteiger partial charge in [-0.15, -0.1) is 0 Å². The molecule has 0 spiro atoms. The van der Waals surface area contributed by atoms with E-state index < -0.39 is 0 Å². The second-order valence-corrected chi connectivity index (χ2v) is 8.45. The summed E-state index contributed by atoms with van der Waals surface area (Å²) in [6.45, 7) is 4.65. The molecule has 2 unspecified atom stereocenters. The van der Waals surface area contributed by atoms with Crippen LogP contribution in [0.2, 0.25) is 0 Å². The summed E-state index contributed by atoms with van der Waals surface area (Å²) in [6, 6.07) is 7.56. The minimum atomic E-state index is -0.197. The Balaban J connectivity index is 1.44. The molecule has 4 heterocycles. The molecule has 0 aliphatic carbocycles. The molecule has 2 bridgehead atoms. The van der Waals surface area contributed by atoms with Crippen molar-refractivity contribution < 1.29 is 9.18 Å². The van der Waals surface area contributed by atoms with Gasteiger partial charge in [0.05, 0.1) is 6.04 Å². The van der Waals surface area contributed by atoms with Gasteiger partial charge in [-0.3, -0.25) is 10.3 Å². The lowest BCUT2D eigenvalue weighted by Crippen LogP contribution is -2.48. The van der Waals surface area contributed by atoms with Gasteiger partial charge in [0.25, 0.3) is 0 Å². The highest BCUT2D eigenvalue weighted by molar-refractivity contribution is 5.74. The molecule has 2 amide bonds. The van der Waals surface area contributed by atoms with Gasteiger partial charge in [0, 0.05) is 58.8 Å². The molecule has 0 radical (unpaired) electrons. The maximum atomic E-state index is 13.3. The first-order valence-corrected chi connectivity index (χ1v) is 9.95. The van der Waals surface area contributed by atoms with Crippen LogP contribution in [-0.4, -0.2) is 73.6 Å².